The molecule has 4 heteroatoms. The third-order valence-electron chi connectivity index (χ3n) is 3.32. The van der Waals surface area contributed by atoms with Gasteiger partial charge < -0.3 is 15.0 Å². The number of ether oxygens (including phenoxy) is 1. The molecule has 18 heavy (non-hydrogen) atoms. The Bertz CT molecular complexity index is 646. The van der Waals surface area contributed by atoms with Crippen molar-refractivity contribution >= 4 is 10.9 Å². The fourth-order valence-electron chi connectivity index (χ4n) is 2.44. The van der Waals surface area contributed by atoms with Gasteiger partial charge in [0.05, 0.1) is 6.61 Å². The van der Waals surface area contributed by atoms with Gasteiger partial charge in [-0.3, -0.25) is 4.79 Å². The van der Waals surface area contributed by atoms with E-state index in [4.69, 9.17) is 4.74 Å². The van der Waals surface area contributed by atoms with Crippen molar-refractivity contribution in [3.63, 3.8) is 0 Å². The normalized spacial score (nSPS) is 14.5. The Balaban J connectivity index is 2.23. The molecular weight excluding hydrogens is 228 g/mol. The molecule has 0 radical (unpaired) electrons. The Kier molecular flexibility index (Phi) is 2.80. The van der Waals surface area contributed by atoms with Crippen LogP contribution in [0.1, 0.15) is 18.2 Å². The first-order chi connectivity index (χ1) is 8.79. The summed E-state index contributed by atoms with van der Waals surface area (Å²) in [5.41, 5.74) is 2.94. The van der Waals surface area contributed by atoms with Crippen LogP contribution in [-0.2, 0) is 13.0 Å². The van der Waals surface area contributed by atoms with Crippen LogP contribution in [0.4, 0.5) is 0 Å². The molecule has 3 rings (SSSR count). The molecule has 2 N–H and O–H groups in total. The third-order valence-corrected chi connectivity index (χ3v) is 3.32. The highest BCUT2D eigenvalue weighted by molar-refractivity contribution is 5.81. The van der Waals surface area contributed by atoms with E-state index in [0.29, 0.717) is 18.5 Å². The summed E-state index contributed by atoms with van der Waals surface area (Å²) in [6.07, 6.45) is 0.883. The zero-order valence-corrected chi connectivity index (χ0v) is 10.4. The Hall–Kier alpha value is -1.81. The molecule has 0 amide bonds. The van der Waals surface area contributed by atoms with Gasteiger partial charge in [-0.1, -0.05) is 0 Å². The van der Waals surface area contributed by atoms with Crippen LogP contribution in [0.2, 0.25) is 0 Å². The number of benzene rings is 1. The van der Waals surface area contributed by atoms with Gasteiger partial charge in [-0.15, -0.1) is 0 Å². The summed E-state index contributed by atoms with van der Waals surface area (Å²) in [6, 6.07) is 5.64. The first kappa shape index (κ1) is 11.3. The van der Waals surface area contributed by atoms with Crippen LogP contribution in [0.3, 0.4) is 0 Å². The maximum Gasteiger partial charge on any atom is 0.194 e. The highest BCUT2D eigenvalue weighted by atomic mass is 16.5. The maximum atomic E-state index is 12.4. The summed E-state index contributed by atoms with van der Waals surface area (Å²) in [5.74, 6) is 0.749. The molecular formula is C14H16N2O2. The highest BCUT2D eigenvalue weighted by Crippen LogP contribution is 2.19. The van der Waals surface area contributed by atoms with Crippen molar-refractivity contribution in [3.05, 3.63) is 39.7 Å². The maximum absolute atomic E-state index is 12.4. The van der Waals surface area contributed by atoms with E-state index in [0.717, 1.165) is 35.5 Å². The number of aromatic nitrogens is 1. The molecule has 0 aliphatic carbocycles. The van der Waals surface area contributed by atoms with Crippen molar-refractivity contribution in [2.45, 2.75) is 19.9 Å². The van der Waals surface area contributed by atoms with Gasteiger partial charge in [-0.2, -0.15) is 0 Å². The van der Waals surface area contributed by atoms with Gasteiger partial charge in [0.2, 0.25) is 0 Å². The lowest BCUT2D eigenvalue weighted by atomic mass is 10.0. The lowest BCUT2D eigenvalue weighted by Crippen LogP contribution is -2.30. The van der Waals surface area contributed by atoms with Crippen LogP contribution in [0.25, 0.3) is 10.9 Å². The number of aromatic amines is 1. The second kappa shape index (κ2) is 4.46. The van der Waals surface area contributed by atoms with Crippen molar-refractivity contribution in [1.29, 1.82) is 0 Å². The largest absolute Gasteiger partial charge is 0.494 e. The molecule has 94 valence electrons. The van der Waals surface area contributed by atoms with E-state index >= 15 is 0 Å². The number of rotatable bonds is 2. The fourth-order valence-corrected chi connectivity index (χ4v) is 2.44. The number of H-pyrrole nitrogens is 1. The predicted molar refractivity (Wildman–Crippen MR) is 71.1 cm³/mol. The smallest absolute Gasteiger partial charge is 0.194 e. The summed E-state index contributed by atoms with van der Waals surface area (Å²) in [4.78, 5) is 15.8. The van der Waals surface area contributed by atoms with E-state index in [9.17, 15) is 4.79 Å². The first-order valence-corrected chi connectivity index (χ1v) is 6.31. The minimum absolute atomic E-state index is 0.118. The number of nitrogens with one attached hydrogen (secondary N) is 2. The minimum atomic E-state index is 0.118. The molecule has 4 nitrogen and oxygen atoms in total. The highest BCUT2D eigenvalue weighted by Gasteiger charge is 2.15. The van der Waals surface area contributed by atoms with E-state index in [1.165, 1.54) is 0 Å². The van der Waals surface area contributed by atoms with Crippen LogP contribution in [-0.4, -0.2) is 18.1 Å². The van der Waals surface area contributed by atoms with Crippen molar-refractivity contribution in [1.82, 2.24) is 10.3 Å². The molecule has 0 saturated carbocycles. The predicted octanol–water partition coefficient (Wildman–Crippen LogP) is 1.57. The van der Waals surface area contributed by atoms with Crippen LogP contribution < -0.4 is 15.5 Å². The standard InChI is InChI=1S/C14H16N2O2/c1-2-18-9-3-4-12-10(7-9)14(17)11-8-15-6-5-13(11)16-12/h3-4,7,15H,2,5-6,8H2,1H3,(H,16,17). The van der Waals surface area contributed by atoms with E-state index < -0.39 is 0 Å². The van der Waals surface area contributed by atoms with Crippen LogP contribution in [0.5, 0.6) is 5.75 Å². The SMILES string of the molecule is CCOc1ccc2[nH]c3c(c(=O)c2c1)CNCC3. The molecule has 0 atom stereocenters. The molecule has 1 aromatic carbocycles. The van der Waals surface area contributed by atoms with E-state index in [1.54, 1.807) is 0 Å². The number of hydrogen-bond acceptors (Lipinski definition) is 3. The molecule has 0 saturated heterocycles. The lowest BCUT2D eigenvalue weighted by molar-refractivity contribution is 0.340. The Morgan fingerprint density at radius 2 is 2.28 bits per heavy atom. The third kappa shape index (κ3) is 1.78. The average molecular weight is 244 g/mol. The molecule has 1 aliphatic rings. The van der Waals surface area contributed by atoms with Gasteiger partial charge in [-0.25, -0.2) is 0 Å². The van der Waals surface area contributed by atoms with Crippen molar-refractivity contribution in [2.24, 2.45) is 0 Å². The van der Waals surface area contributed by atoms with E-state index in [1.807, 2.05) is 25.1 Å². The molecule has 0 bridgehead atoms. The van der Waals surface area contributed by atoms with Crippen LogP contribution in [0, 0.1) is 0 Å². The molecule has 1 aliphatic heterocycles. The molecule has 2 heterocycles. The summed E-state index contributed by atoms with van der Waals surface area (Å²) in [7, 11) is 0. The van der Waals surface area contributed by atoms with Gasteiger partial charge in [-0.05, 0) is 25.1 Å². The van der Waals surface area contributed by atoms with E-state index in [-0.39, 0.29) is 5.43 Å². The lowest BCUT2D eigenvalue weighted by Gasteiger charge is -2.17. The Morgan fingerprint density at radius 3 is 3.11 bits per heavy atom. The van der Waals surface area contributed by atoms with Gasteiger partial charge in [0.15, 0.2) is 5.43 Å². The second-order valence-corrected chi connectivity index (χ2v) is 4.48. The summed E-state index contributed by atoms with van der Waals surface area (Å²) in [5, 5.41) is 3.95. The molecule has 0 spiro atoms. The van der Waals surface area contributed by atoms with Crippen molar-refractivity contribution in [3.8, 4) is 5.75 Å². The van der Waals surface area contributed by atoms with Gasteiger partial charge in [0.1, 0.15) is 5.75 Å². The molecule has 0 unspecified atom stereocenters. The summed E-state index contributed by atoms with van der Waals surface area (Å²) in [6.45, 7) is 4.12. The quantitative estimate of drug-likeness (QED) is 0.843. The zero-order valence-electron chi connectivity index (χ0n) is 10.4. The fraction of sp³-hybridized carbons (Fsp3) is 0.357. The molecule has 2 aromatic rings. The van der Waals surface area contributed by atoms with Gasteiger partial charge in [0.25, 0.3) is 0 Å². The minimum Gasteiger partial charge on any atom is -0.494 e. The van der Waals surface area contributed by atoms with Crippen molar-refractivity contribution in [2.75, 3.05) is 13.2 Å². The zero-order chi connectivity index (χ0) is 12.5. The number of fused-ring (bicyclic) bond motifs is 2. The van der Waals surface area contributed by atoms with Crippen LogP contribution >= 0.6 is 0 Å². The monoisotopic (exact) mass is 244 g/mol. The van der Waals surface area contributed by atoms with Crippen molar-refractivity contribution < 1.29 is 4.74 Å². The van der Waals surface area contributed by atoms with Gasteiger partial charge >= 0.3 is 0 Å². The molecule has 1 aromatic heterocycles. The Labute approximate surface area is 105 Å². The summed E-state index contributed by atoms with van der Waals surface area (Å²) >= 11 is 0. The molecule has 0 fully saturated rings. The Morgan fingerprint density at radius 1 is 1.39 bits per heavy atom. The van der Waals surface area contributed by atoms with Crippen LogP contribution in [0.15, 0.2) is 23.0 Å². The number of hydrogen-bond donors (Lipinski definition) is 2. The number of pyridine rings is 1. The second-order valence-electron chi connectivity index (χ2n) is 4.48. The summed E-state index contributed by atoms with van der Waals surface area (Å²) < 4.78 is 5.44. The topological polar surface area (TPSA) is 54.1 Å². The average Bonchev–Trinajstić information content (AvgIpc) is 2.40. The first-order valence-electron chi connectivity index (χ1n) is 6.31. The van der Waals surface area contributed by atoms with Gasteiger partial charge in [0, 0.05) is 41.7 Å². The van der Waals surface area contributed by atoms with E-state index in [2.05, 4.69) is 10.3 Å².